The molecule has 0 fully saturated rings. The fourth-order valence-electron chi connectivity index (χ4n) is 1.96. The molecule has 1 atom stereocenters. The summed E-state index contributed by atoms with van der Waals surface area (Å²) in [7, 11) is 0. The Bertz CT molecular complexity index is 536. The molecule has 0 radical (unpaired) electrons. The van der Waals surface area contributed by atoms with Gasteiger partial charge >= 0.3 is 0 Å². The summed E-state index contributed by atoms with van der Waals surface area (Å²) < 4.78 is 2.20. The van der Waals surface area contributed by atoms with Crippen LogP contribution in [0, 0.1) is 0 Å². The molecule has 2 rings (SSSR count). The first-order valence-electron chi connectivity index (χ1n) is 6.25. The van der Waals surface area contributed by atoms with E-state index in [1.165, 1.54) is 10.9 Å². The Hall–Kier alpha value is -1.52. The van der Waals surface area contributed by atoms with E-state index in [0.29, 0.717) is 6.54 Å². The van der Waals surface area contributed by atoms with E-state index in [9.17, 15) is 4.79 Å². The van der Waals surface area contributed by atoms with Crippen LogP contribution in [0.2, 0.25) is 0 Å². The third-order valence-corrected chi connectivity index (χ3v) is 2.97. The molecular formula is C14H20ClN3O. The van der Waals surface area contributed by atoms with Gasteiger partial charge in [-0.15, -0.1) is 12.4 Å². The van der Waals surface area contributed by atoms with Gasteiger partial charge in [0.1, 0.15) is 0 Å². The molecular weight excluding hydrogens is 262 g/mol. The van der Waals surface area contributed by atoms with Crippen molar-refractivity contribution in [2.45, 2.75) is 25.9 Å². The van der Waals surface area contributed by atoms with Crippen molar-refractivity contribution in [2.75, 3.05) is 6.54 Å². The highest BCUT2D eigenvalue weighted by molar-refractivity contribution is 5.85. The quantitative estimate of drug-likeness (QED) is 0.823. The van der Waals surface area contributed by atoms with Gasteiger partial charge in [-0.1, -0.05) is 18.2 Å². The van der Waals surface area contributed by atoms with Crippen LogP contribution in [-0.4, -0.2) is 23.1 Å². The van der Waals surface area contributed by atoms with Gasteiger partial charge < -0.3 is 15.6 Å². The molecule has 0 aliphatic rings. The smallest absolute Gasteiger partial charge is 0.236 e. The van der Waals surface area contributed by atoms with Crippen molar-refractivity contribution in [1.82, 2.24) is 9.88 Å². The van der Waals surface area contributed by atoms with E-state index < -0.39 is 6.04 Å². The Morgan fingerprint density at radius 1 is 1.37 bits per heavy atom. The average molecular weight is 282 g/mol. The standard InChI is InChI=1S/C14H19N3O.ClH/c1-11(15)14(18)16-8-4-9-17-10-7-12-5-2-3-6-13(12)17;/h2-3,5-7,10-11H,4,8-9,15H2,1H3,(H,16,18);1H. The second kappa shape index (κ2) is 7.16. The van der Waals surface area contributed by atoms with Crippen molar-refractivity contribution in [1.29, 1.82) is 0 Å². The predicted molar refractivity (Wildman–Crippen MR) is 80.5 cm³/mol. The van der Waals surface area contributed by atoms with E-state index in [-0.39, 0.29) is 18.3 Å². The van der Waals surface area contributed by atoms with Crippen molar-refractivity contribution in [3.8, 4) is 0 Å². The minimum atomic E-state index is -0.433. The van der Waals surface area contributed by atoms with Gasteiger partial charge in [-0.2, -0.15) is 0 Å². The fraction of sp³-hybridized carbons (Fsp3) is 0.357. The first-order chi connectivity index (χ1) is 8.68. The largest absolute Gasteiger partial charge is 0.355 e. The Morgan fingerprint density at radius 3 is 2.84 bits per heavy atom. The molecule has 0 bridgehead atoms. The van der Waals surface area contributed by atoms with Gasteiger partial charge in [0.25, 0.3) is 0 Å². The number of aryl methyl sites for hydroxylation is 1. The Labute approximate surface area is 119 Å². The number of carbonyl (C=O) groups excluding carboxylic acids is 1. The molecule has 0 saturated heterocycles. The van der Waals surface area contributed by atoms with E-state index in [0.717, 1.165) is 13.0 Å². The summed E-state index contributed by atoms with van der Waals surface area (Å²) in [4.78, 5) is 11.3. The molecule has 5 heteroatoms. The van der Waals surface area contributed by atoms with Crippen LogP contribution < -0.4 is 11.1 Å². The molecule has 1 aromatic heterocycles. The number of nitrogens with zero attached hydrogens (tertiary/aromatic N) is 1. The van der Waals surface area contributed by atoms with Crippen LogP contribution in [0.4, 0.5) is 0 Å². The number of hydrogen-bond donors (Lipinski definition) is 2. The lowest BCUT2D eigenvalue weighted by atomic mass is 10.2. The lowest BCUT2D eigenvalue weighted by molar-refractivity contribution is -0.121. The van der Waals surface area contributed by atoms with Crippen LogP contribution in [0.3, 0.4) is 0 Å². The number of para-hydroxylation sites is 1. The maximum absolute atomic E-state index is 11.3. The van der Waals surface area contributed by atoms with E-state index in [1.807, 2.05) is 12.1 Å². The molecule has 1 amide bonds. The molecule has 0 aliphatic carbocycles. The van der Waals surface area contributed by atoms with E-state index in [1.54, 1.807) is 6.92 Å². The van der Waals surface area contributed by atoms with Gasteiger partial charge in [-0.25, -0.2) is 0 Å². The second-order valence-electron chi connectivity index (χ2n) is 4.50. The minimum absolute atomic E-state index is 0. The molecule has 2 aromatic rings. The average Bonchev–Trinajstić information content (AvgIpc) is 2.77. The zero-order valence-electron chi connectivity index (χ0n) is 11.0. The van der Waals surface area contributed by atoms with E-state index in [2.05, 4.69) is 34.3 Å². The maximum Gasteiger partial charge on any atom is 0.236 e. The monoisotopic (exact) mass is 281 g/mol. The van der Waals surface area contributed by atoms with Gasteiger partial charge in [-0.3, -0.25) is 4.79 Å². The zero-order valence-corrected chi connectivity index (χ0v) is 11.8. The van der Waals surface area contributed by atoms with Gasteiger partial charge in [0.15, 0.2) is 0 Å². The lowest BCUT2D eigenvalue weighted by Gasteiger charge is -2.08. The molecule has 1 aromatic carbocycles. The highest BCUT2D eigenvalue weighted by atomic mass is 35.5. The van der Waals surface area contributed by atoms with Crippen LogP contribution in [0.1, 0.15) is 13.3 Å². The lowest BCUT2D eigenvalue weighted by Crippen LogP contribution is -2.38. The number of hydrogen-bond acceptors (Lipinski definition) is 2. The number of nitrogens with one attached hydrogen (secondary N) is 1. The summed E-state index contributed by atoms with van der Waals surface area (Å²) in [6.45, 7) is 3.24. The van der Waals surface area contributed by atoms with Crippen molar-refractivity contribution in [3.05, 3.63) is 36.5 Å². The van der Waals surface area contributed by atoms with Crippen molar-refractivity contribution in [2.24, 2.45) is 5.73 Å². The molecule has 0 aliphatic heterocycles. The summed E-state index contributed by atoms with van der Waals surface area (Å²) in [6, 6.07) is 9.96. The summed E-state index contributed by atoms with van der Waals surface area (Å²) in [5, 5.41) is 4.06. The number of benzene rings is 1. The Balaban J connectivity index is 0.00000180. The highest BCUT2D eigenvalue weighted by Gasteiger charge is 2.05. The molecule has 1 unspecified atom stereocenters. The molecule has 104 valence electrons. The van der Waals surface area contributed by atoms with E-state index >= 15 is 0 Å². The Kier molecular flexibility index (Phi) is 5.86. The molecule has 3 N–H and O–H groups in total. The maximum atomic E-state index is 11.3. The summed E-state index contributed by atoms with van der Waals surface area (Å²) in [6.07, 6.45) is 2.98. The second-order valence-corrected chi connectivity index (χ2v) is 4.50. The summed E-state index contributed by atoms with van der Waals surface area (Å²) in [5.41, 5.74) is 6.70. The summed E-state index contributed by atoms with van der Waals surface area (Å²) in [5.74, 6) is -0.0904. The summed E-state index contributed by atoms with van der Waals surface area (Å²) >= 11 is 0. The third-order valence-electron chi connectivity index (χ3n) is 2.97. The van der Waals surface area contributed by atoms with Crippen LogP contribution >= 0.6 is 12.4 Å². The van der Waals surface area contributed by atoms with Gasteiger partial charge in [0, 0.05) is 24.8 Å². The first kappa shape index (κ1) is 15.5. The fourth-order valence-corrected chi connectivity index (χ4v) is 1.96. The highest BCUT2D eigenvalue weighted by Crippen LogP contribution is 2.15. The number of rotatable bonds is 5. The van der Waals surface area contributed by atoms with Crippen molar-refractivity contribution < 1.29 is 4.79 Å². The SMILES string of the molecule is CC(N)C(=O)NCCCn1ccc2ccccc21.Cl. The third kappa shape index (κ3) is 3.98. The number of aromatic nitrogens is 1. The van der Waals surface area contributed by atoms with Crippen molar-refractivity contribution >= 4 is 29.2 Å². The van der Waals surface area contributed by atoms with Crippen LogP contribution in [-0.2, 0) is 11.3 Å². The number of nitrogens with two attached hydrogens (primary N) is 1. The number of halogens is 1. The molecule has 4 nitrogen and oxygen atoms in total. The molecule has 19 heavy (non-hydrogen) atoms. The normalized spacial score (nSPS) is 11.9. The van der Waals surface area contributed by atoms with Crippen LogP contribution in [0.25, 0.3) is 10.9 Å². The predicted octanol–water partition coefficient (Wildman–Crippen LogP) is 1.92. The number of fused-ring (bicyclic) bond motifs is 1. The minimum Gasteiger partial charge on any atom is -0.355 e. The zero-order chi connectivity index (χ0) is 13.0. The number of amides is 1. The van der Waals surface area contributed by atoms with Crippen molar-refractivity contribution in [3.63, 3.8) is 0 Å². The van der Waals surface area contributed by atoms with Gasteiger partial charge in [0.05, 0.1) is 6.04 Å². The topological polar surface area (TPSA) is 60.1 Å². The Morgan fingerprint density at radius 2 is 2.11 bits per heavy atom. The molecule has 1 heterocycles. The van der Waals surface area contributed by atoms with Gasteiger partial charge in [-0.05, 0) is 30.9 Å². The van der Waals surface area contributed by atoms with Crippen LogP contribution in [0.15, 0.2) is 36.5 Å². The first-order valence-corrected chi connectivity index (χ1v) is 6.25. The molecule has 0 spiro atoms. The van der Waals surface area contributed by atoms with E-state index in [4.69, 9.17) is 5.73 Å². The number of carbonyl (C=O) groups is 1. The van der Waals surface area contributed by atoms with Crippen LogP contribution in [0.5, 0.6) is 0 Å². The van der Waals surface area contributed by atoms with Gasteiger partial charge in [0.2, 0.25) is 5.91 Å². The molecule has 0 saturated carbocycles.